The summed E-state index contributed by atoms with van der Waals surface area (Å²) in [6.45, 7) is 0. The lowest BCUT2D eigenvalue weighted by atomic mass is 10.1. The van der Waals surface area contributed by atoms with Gasteiger partial charge in [-0.05, 0) is 18.2 Å². The molecule has 138 valence electrons. The van der Waals surface area contributed by atoms with Crippen LogP contribution in [0.5, 0.6) is 11.5 Å². The molecule has 0 spiro atoms. The number of nitro groups is 1. The molecule has 26 heavy (non-hydrogen) atoms. The van der Waals surface area contributed by atoms with Crippen LogP contribution in [-0.4, -0.2) is 39.7 Å². The quantitative estimate of drug-likeness (QED) is 0.602. The van der Waals surface area contributed by atoms with E-state index in [1.54, 1.807) is 12.1 Å². The summed E-state index contributed by atoms with van der Waals surface area (Å²) in [5, 5.41) is 13.6. The van der Waals surface area contributed by atoms with E-state index in [-0.39, 0.29) is 10.5 Å². The molecule has 0 aliphatic heterocycles. The summed E-state index contributed by atoms with van der Waals surface area (Å²) in [6, 6.07) is 7.65. The standard InChI is InChI=1S/C16H16N2O7S/c1-24-12-4-5-14(15(9-12)25-2)17-16(19)10-6-11(18(20)21)8-13(7-10)26(3,22)23/h4-9H,1-3H3,(H,17,19). The Bertz CT molecular complexity index is 971. The molecule has 2 rings (SSSR count). The summed E-state index contributed by atoms with van der Waals surface area (Å²) in [5.74, 6) is 0.100. The van der Waals surface area contributed by atoms with E-state index in [4.69, 9.17) is 9.47 Å². The van der Waals surface area contributed by atoms with Crippen molar-refractivity contribution in [3.05, 3.63) is 52.1 Å². The van der Waals surface area contributed by atoms with E-state index in [2.05, 4.69) is 5.32 Å². The van der Waals surface area contributed by atoms with Gasteiger partial charge in [-0.3, -0.25) is 14.9 Å². The van der Waals surface area contributed by atoms with E-state index < -0.39 is 26.4 Å². The van der Waals surface area contributed by atoms with Crippen molar-refractivity contribution in [2.45, 2.75) is 4.90 Å². The van der Waals surface area contributed by atoms with Crippen LogP contribution in [0.3, 0.4) is 0 Å². The molecule has 0 aliphatic carbocycles. The first-order valence-electron chi connectivity index (χ1n) is 7.18. The number of benzene rings is 2. The lowest BCUT2D eigenvalue weighted by Crippen LogP contribution is -2.14. The Balaban J connectivity index is 2.44. The number of carbonyl (C=O) groups excluding carboxylic acids is 1. The third-order valence-corrected chi connectivity index (χ3v) is 4.54. The SMILES string of the molecule is COc1ccc(NC(=O)c2cc([N+](=O)[O-])cc(S(C)(=O)=O)c2)c(OC)c1. The zero-order valence-electron chi connectivity index (χ0n) is 14.2. The normalized spacial score (nSPS) is 10.9. The predicted molar refractivity (Wildman–Crippen MR) is 93.7 cm³/mol. The Kier molecular flexibility index (Phi) is 5.46. The maximum absolute atomic E-state index is 12.5. The first-order chi connectivity index (χ1) is 12.2. The van der Waals surface area contributed by atoms with Crippen LogP contribution in [0.1, 0.15) is 10.4 Å². The molecule has 0 unspecified atom stereocenters. The maximum atomic E-state index is 12.5. The molecule has 0 aromatic heterocycles. The third kappa shape index (κ3) is 4.28. The highest BCUT2D eigenvalue weighted by Crippen LogP contribution is 2.30. The summed E-state index contributed by atoms with van der Waals surface area (Å²) in [5.41, 5.74) is -0.372. The summed E-state index contributed by atoms with van der Waals surface area (Å²) in [6.07, 6.45) is 0.903. The number of methoxy groups -OCH3 is 2. The molecule has 0 radical (unpaired) electrons. The van der Waals surface area contributed by atoms with Crippen LogP contribution in [0.25, 0.3) is 0 Å². The summed E-state index contributed by atoms with van der Waals surface area (Å²) >= 11 is 0. The molecule has 0 fully saturated rings. The molecular formula is C16H16N2O7S. The van der Waals surface area contributed by atoms with Crippen molar-refractivity contribution in [2.75, 3.05) is 25.8 Å². The average Bonchev–Trinajstić information content (AvgIpc) is 2.60. The molecule has 2 aromatic rings. The number of hydrogen-bond donors (Lipinski definition) is 1. The molecule has 0 heterocycles. The number of carbonyl (C=O) groups is 1. The smallest absolute Gasteiger partial charge is 0.271 e. The van der Waals surface area contributed by atoms with Crippen LogP contribution in [0.2, 0.25) is 0 Å². The maximum Gasteiger partial charge on any atom is 0.271 e. The van der Waals surface area contributed by atoms with Gasteiger partial charge in [0.25, 0.3) is 11.6 Å². The molecule has 9 nitrogen and oxygen atoms in total. The molecule has 0 saturated heterocycles. The number of amides is 1. The first-order valence-corrected chi connectivity index (χ1v) is 9.07. The number of hydrogen-bond acceptors (Lipinski definition) is 7. The van der Waals surface area contributed by atoms with Gasteiger partial charge in [0, 0.05) is 30.0 Å². The molecule has 0 aliphatic rings. The Morgan fingerprint density at radius 2 is 1.81 bits per heavy atom. The molecule has 0 atom stereocenters. The van der Waals surface area contributed by atoms with Crippen molar-refractivity contribution in [2.24, 2.45) is 0 Å². The van der Waals surface area contributed by atoms with Crippen molar-refractivity contribution >= 4 is 27.1 Å². The van der Waals surface area contributed by atoms with Crippen molar-refractivity contribution in [3.63, 3.8) is 0 Å². The van der Waals surface area contributed by atoms with E-state index in [1.165, 1.54) is 20.3 Å². The van der Waals surface area contributed by atoms with Crippen molar-refractivity contribution in [1.82, 2.24) is 0 Å². The van der Waals surface area contributed by atoms with Gasteiger partial charge in [0.15, 0.2) is 9.84 Å². The van der Waals surface area contributed by atoms with Gasteiger partial charge in [0.2, 0.25) is 0 Å². The second kappa shape index (κ2) is 7.40. The highest BCUT2D eigenvalue weighted by molar-refractivity contribution is 7.90. The Morgan fingerprint density at radius 3 is 2.35 bits per heavy atom. The van der Waals surface area contributed by atoms with Gasteiger partial charge in [0.05, 0.1) is 29.7 Å². The van der Waals surface area contributed by atoms with Gasteiger partial charge >= 0.3 is 0 Å². The monoisotopic (exact) mass is 380 g/mol. The van der Waals surface area contributed by atoms with Gasteiger partial charge in [-0.1, -0.05) is 0 Å². The lowest BCUT2D eigenvalue weighted by Gasteiger charge is -2.12. The number of nitrogens with one attached hydrogen (secondary N) is 1. The van der Waals surface area contributed by atoms with E-state index in [1.807, 2.05) is 0 Å². The Labute approximate surface area is 149 Å². The summed E-state index contributed by atoms with van der Waals surface area (Å²) in [7, 11) is -0.858. The van der Waals surface area contributed by atoms with E-state index in [0.29, 0.717) is 17.2 Å². The molecule has 10 heteroatoms. The van der Waals surface area contributed by atoms with Crippen LogP contribution in [0.15, 0.2) is 41.3 Å². The zero-order chi connectivity index (χ0) is 19.5. The number of nitrogens with zero attached hydrogens (tertiary/aromatic N) is 1. The van der Waals surface area contributed by atoms with E-state index in [9.17, 15) is 23.3 Å². The second-order valence-corrected chi connectivity index (χ2v) is 7.28. The molecule has 1 N–H and O–H groups in total. The third-order valence-electron chi connectivity index (χ3n) is 3.45. The van der Waals surface area contributed by atoms with Crippen molar-refractivity contribution in [3.8, 4) is 11.5 Å². The molecule has 0 saturated carbocycles. The van der Waals surface area contributed by atoms with Gasteiger partial charge in [-0.25, -0.2) is 8.42 Å². The fourth-order valence-electron chi connectivity index (χ4n) is 2.13. The van der Waals surface area contributed by atoms with Crippen LogP contribution in [0.4, 0.5) is 11.4 Å². The fourth-order valence-corrected chi connectivity index (χ4v) is 2.81. The highest BCUT2D eigenvalue weighted by atomic mass is 32.2. The Morgan fingerprint density at radius 1 is 1.12 bits per heavy atom. The largest absolute Gasteiger partial charge is 0.497 e. The number of sulfone groups is 1. The number of ether oxygens (including phenoxy) is 2. The number of nitro benzene ring substituents is 1. The molecule has 0 bridgehead atoms. The minimum absolute atomic E-state index is 0.169. The molecule has 2 aromatic carbocycles. The first kappa shape index (κ1) is 19.2. The van der Waals surface area contributed by atoms with E-state index >= 15 is 0 Å². The van der Waals surface area contributed by atoms with Gasteiger partial charge < -0.3 is 14.8 Å². The van der Waals surface area contributed by atoms with Crippen molar-refractivity contribution < 1.29 is 27.6 Å². The van der Waals surface area contributed by atoms with Gasteiger partial charge in [-0.15, -0.1) is 0 Å². The van der Waals surface area contributed by atoms with E-state index in [0.717, 1.165) is 24.5 Å². The minimum Gasteiger partial charge on any atom is -0.497 e. The lowest BCUT2D eigenvalue weighted by molar-refractivity contribution is -0.385. The Hall–Kier alpha value is -3.14. The fraction of sp³-hybridized carbons (Fsp3) is 0.188. The van der Waals surface area contributed by atoms with Gasteiger partial charge in [0.1, 0.15) is 11.5 Å². The second-order valence-electron chi connectivity index (χ2n) is 5.27. The molecule has 1 amide bonds. The number of non-ortho nitro benzene ring substituents is 1. The average molecular weight is 380 g/mol. The van der Waals surface area contributed by atoms with Crippen LogP contribution in [-0.2, 0) is 9.84 Å². The predicted octanol–water partition coefficient (Wildman–Crippen LogP) is 2.27. The van der Waals surface area contributed by atoms with Crippen LogP contribution in [0, 0.1) is 10.1 Å². The van der Waals surface area contributed by atoms with Crippen molar-refractivity contribution in [1.29, 1.82) is 0 Å². The zero-order valence-corrected chi connectivity index (χ0v) is 15.0. The van der Waals surface area contributed by atoms with Gasteiger partial charge in [-0.2, -0.15) is 0 Å². The minimum atomic E-state index is -3.74. The topological polar surface area (TPSA) is 125 Å². The number of rotatable bonds is 6. The highest BCUT2D eigenvalue weighted by Gasteiger charge is 2.20. The summed E-state index contributed by atoms with van der Waals surface area (Å²) in [4.78, 5) is 22.4. The number of anilines is 1. The van der Waals surface area contributed by atoms with Crippen LogP contribution >= 0.6 is 0 Å². The molecular weight excluding hydrogens is 364 g/mol. The summed E-state index contributed by atoms with van der Waals surface area (Å²) < 4.78 is 33.7. The van der Waals surface area contributed by atoms with Crippen LogP contribution < -0.4 is 14.8 Å².